The molecular weight excluding hydrogens is 314 g/mol. The van der Waals surface area contributed by atoms with Crippen molar-refractivity contribution < 1.29 is 9.47 Å². The van der Waals surface area contributed by atoms with Crippen LogP contribution in [0, 0.1) is 0 Å². The molecule has 2 aliphatic rings. The van der Waals surface area contributed by atoms with E-state index in [4.69, 9.17) is 9.47 Å². The van der Waals surface area contributed by atoms with Gasteiger partial charge in [0.25, 0.3) is 0 Å². The van der Waals surface area contributed by atoms with Crippen molar-refractivity contribution in [3.63, 3.8) is 0 Å². The van der Waals surface area contributed by atoms with Crippen molar-refractivity contribution in [1.82, 2.24) is 10.2 Å². The predicted molar refractivity (Wildman–Crippen MR) is 101 cm³/mol. The van der Waals surface area contributed by atoms with Gasteiger partial charge in [-0.25, -0.2) is 0 Å². The molecule has 0 aliphatic carbocycles. The van der Waals surface area contributed by atoms with Crippen LogP contribution in [0.1, 0.15) is 25.7 Å². The first-order valence-corrected chi connectivity index (χ1v) is 9.28. The van der Waals surface area contributed by atoms with Crippen LogP contribution in [0.2, 0.25) is 0 Å². The molecular formula is C20H29N3O2. The molecule has 1 aromatic rings. The summed E-state index contributed by atoms with van der Waals surface area (Å²) in [5.41, 5.74) is 1.49. The first-order valence-electron chi connectivity index (χ1n) is 9.28. The van der Waals surface area contributed by atoms with Gasteiger partial charge < -0.3 is 19.7 Å². The number of hydrogen-bond donors (Lipinski definition) is 1. The summed E-state index contributed by atoms with van der Waals surface area (Å²) in [5, 5.41) is 3.50. The molecule has 1 saturated heterocycles. The molecule has 2 heterocycles. The van der Waals surface area contributed by atoms with Crippen molar-refractivity contribution >= 4 is 5.96 Å². The lowest BCUT2D eigenvalue weighted by molar-refractivity contribution is 0.129. The largest absolute Gasteiger partial charge is 0.490 e. The van der Waals surface area contributed by atoms with Crippen molar-refractivity contribution in [2.75, 3.05) is 39.9 Å². The van der Waals surface area contributed by atoms with E-state index in [1.807, 2.05) is 37.4 Å². The molecule has 5 heteroatoms. The number of para-hydroxylation sites is 1. The SMILES string of the molecule is CN=C(NCCC1=CCOCC1)N1CCC(Oc2ccccc2)CC1. The average molecular weight is 343 g/mol. The Kier molecular flexibility index (Phi) is 6.74. The summed E-state index contributed by atoms with van der Waals surface area (Å²) in [6, 6.07) is 10.1. The van der Waals surface area contributed by atoms with Crippen LogP contribution in [0.3, 0.4) is 0 Å². The van der Waals surface area contributed by atoms with Crippen molar-refractivity contribution in [2.24, 2.45) is 4.99 Å². The standard InChI is InChI=1S/C20H29N3O2/c1-21-20(22-12-7-17-10-15-24-16-11-17)23-13-8-19(9-14-23)25-18-5-3-2-4-6-18/h2-6,10,19H,7-9,11-16H2,1H3,(H,21,22). The third-order valence-electron chi connectivity index (χ3n) is 4.79. The Morgan fingerprint density at radius 2 is 2.08 bits per heavy atom. The van der Waals surface area contributed by atoms with Gasteiger partial charge in [0.05, 0.1) is 13.2 Å². The summed E-state index contributed by atoms with van der Waals surface area (Å²) < 4.78 is 11.4. The van der Waals surface area contributed by atoms with Crippen LogP contribution in [0.25, 0.3) is 0 Å². The molecule has 136 valence electrons. The quantitative estimate of drug-likeness (QED) is 0.507. The molecule has 2 aliphatic heterocycles. The molecule has 25 heavy (non-hydrogen) atoms. The van der Waals surface area contributed by atoms with E-state index >= 15 is 0 Å². The van der Waals surface area contributed by atoms with Crippen LogP contribution in [0.5, 0.6) is 5.75 Å². The second kappa shape index (κ2) is 9.47. The molecule has 0 atom stereocenters. The molecule has 3 rings (SSSR count). The molecule has 0 aromatic heterocycles. The highest BCUT2D eigenvalue weighted by Gasteiger charge is 2.22. The smallest absolute Gasteiger partial charge is 0.193 e. The van der Waals surface area contributed by atoms with Crippen LogP contribution in [-0.4, -0.2) is 56.9 Å². The molecule has 0 radical (unpaired) electrons. The summed E-state index contributed by atoms with van der Waals surface area (Å²) in [5.74, 6) is 1.97. The third-order valence-corrected chi connectivity index (χ3v) is 4.79. The molecule has 5 nitrogen and oxygen atoms in total. The second-order valence-corrected chi connectivity index (χ2v) is 6.53. The van der Waals surface area contributed by atoms with Crippen LogP contribution in [-0.2, 0) is 4.74 Å². The minimum atomic E-state index is 0.296. The minimum Gasteiger partial charge on any atom is -0.490 e. The van der Waals surface area contributed by atoms with Crippen LogP contribution < -0.4 is 10.1 Å². The van der Waals surface area contributed by atoms with Gasteiger partial charge in [-0.3, -0.25) is 4.99 Å². The van der Waals surface area contributed by atoms with Crippen molar-refractivity contribution in [3.05, 3.63) is 42.0 Å². The van der Waals surface area contributed by atoms with E-state index in [-0.39, 0.29) is 0 Å². The monoisotopic (exact) mass is 343 g/mol. The lowest BCUT2D eigenvalue weighted by atomic mass is 10.1. The maximum absolute atomic E-state index is 6.07. The van der Waals surface area contributed by atoms with Gasteiger partial charge in [0.1, 0.15) is 11.9 Å². The van der Waals surface area contributed by atoms with Crippen LogP contribution in [0.4, 0.5) is 0 Å². The number of piperidine rings is 1. The van der Waals surface area contributed by atoms with Gasteiger partial charge in [0.15, 0.2) is 5.96 Å². The molecule has 0 saturated carbocycles. The topological polar surface area (TPSA) is 46.1 Å². The predicted octanol–water partition coefficient (Wildman–Crippen LogP) is 2.84. The number of rotatable bonds is 5. The zero-order valence-electron chi connectivity index (χ0n) is 15.1. The van der Waals surface area contributed by atoms with Gasteiger partial charge >= 0.3 is 0 Å². The van der Waals surface area contributed by atoms with E-state index in [0.717, 1.165) is 70.2 Å². The molecule has 0 unspecified atom stereocenters. The van der Waals surface area contributed by atoms with E-state index in [0.29, 0.717) is 6.10 Å². The van der Waals surface area contributed by atoms with E-state index in [9.17, 15) is 0 Å². The molecule has 1 N–H and O–H groups in total. The third kappa shape index (κ3) is 5.49. The highest BCUT2D eigenvalue weighted by Crippen LogP contribution is 2.18. The van der Waals surface area contributed by atoms with Gasteiger partial charge in [-0.05, 0) is 25.0 Å². The fourth-order valence-corrected chi connectivity index (χ4v) is 3.34. The van der Waals surface area contributed by atoms with Crippen molar-refractivity contribution in [2.45, 2.75) is 31.8 Å². The first-order chi connectivity index (χ1) is 12.3. The van der Waals surface area contributed by atoms with Gasteiger partial charge in [0, 0.05) is 39.5 Å². The van der Waals surface area contributed by atoms with Crippen molar-refractivity contribution in [1.29, 1.82) is 0 Å². The fraction of sp³-hybridized carbons (Fsp3) is 0.550. The van der Waals surface area contributed by atoms with Crippen LogP contribution in [0.15, 0.2) is 47.0 Å². The normalized spacial score (nSPS) is 19.5. The van der Waals surface area contributed by atoms with E-state index in [1.165, 1.54) is 5.57 Å². The van der Waals surface area contributed by atoms with Gasteiger partial charge in [-0.2, -0.15) is 0 Å². The number of nitrogens with one attached hydrogen (secondary N) is 1. The zero-order valence-corrected chi connectivity index (χ0v) is 15.1. The Bertz CT molecular complexity index is 578. The van der Waals surface area contributed by atoms with Gasteiger partial charge in [-0.15, -0.1) is 0 Å². The Hall–Kier alpha value is -2.01. The maximum atomic E-state index is 6.07. The minimum absolute atomic E-state index is 0.296. The van der Waals surface area contributed by atoms with E-state index < -0.39 is 0 Å². The van der Waals surface area contributed by atoms with Crippen molar-refractivity contribution in [3.8, 4) is 5.75 Å². The Labute approximate surface area is 150 Å². The van der Waals surface area contributed by atoms with Crippen LogP contribution >= 0.6 is 0 Å². The maximum Gasteiger partial charge on any atom is 0.193 e. The highest BCUT2D eigenvalue weighted by molar-refractivity contribution is 5.79. The van der Waals surface area contributed by atoms with Gasteiger partial charge in [0.2, 0.25) is 0 Å². The molecule has 0 bridgehead atoms. The Morgan fingerprint density at radius 1 is 1.28 bits per heavy atom. The number of guanidine groups is 1. The number of nitrogens with zero attached hydrogens (tertiary/aromatic N) is 2. The average Bonchev–Trinajstić information content (AvgIpc) is 2.68. The molecule has 1 fully saturated rings. The van der Waals surface area contributed by atoms with Gasteiger partial charge in [-0.1, -0.05) is 29.8 Å². The Balaban J connectivity index is 1.40. The molecule has 0 amide bonds. The van der Waals surface area contributed by atoms with E-state index in [1.54, 1.807) is 0 Å². The highest BCUT2D eigenvalue weighted by atomic mass is 16.5. The molecule has 1 aromatic carbocycles. The lowest BCUT2D eigenvalue weighted by Crippen LogP contribution is -2.47. The zero-order chi connectivity index (χ0) is 17.3. The fourth-order valence-electron chi connectivity index (χ4n) is 3.34. The number of hydrogen-bond acceptors (Lipinski definition) is 3. The molecule has 0 spiro atoms. The summed E-state index contributed by atoms with van der Waals surface area (Å²) >= 11 is 0. The summed E-state index contributed by atoms with van der Waals surface area (Å²) in [4.78, 5) is 6.79. The number of aliphatic imine (C=N–C) groups is 1. The number of ether oxygens (including phenoxy) is 2. The second-order valence-electron chi connectivity index (χ2n) is 6.53. The van der Waals surface area contributed by atoms with E-state index in [2.05, 4.69) is 21.3 Å². The first kappa shape index (κ1) is 17.8. The Morgan fingerprint density at radius 3 is 2.76 bits per heavy atom. The number of likely N-dealkylation sites (tertiary alicyclic amines) is 1. The number of benzene rings is 1. The summed E-state index contributed by atoms with van der Waals surface area (Å²) in [6.45, 7) is 4.51. The summed E-state index contributed by atoms with van der Waals surface area (Å²) in [6.07, 6.45) is 6.68. The lowest BCUT2D eigenvalue weighted by Gasteiger charge is -2.34. The summed E-state index contributed by atoms with van der Waals surface area (Å²) in [7, 11) is 1.86.